The minimum absolute atomic E-state index is 0.0698. The number of thiazole rings is 1. The second kappa shape index (κ2) is 9.63. The number of hydrogen-bond donors (Lipinski definition) is 1. The van der Waals surface area contributed by atoms with E-state index in [1.165, 1.54) is 19.3 Å². The summed E-state index contributed by atoms with van der Waals surface area (Å²) >= 11 is 1.72. The lowest BCUT2D eigenvalue weighted by Gasteiger charge is -2.38. The number of H-pyrrole nitrogens is 1. The molecule has 0 atom stereocenters. The Morgan fingerprint density at radius 1 is 1.09 bits per heavy atom. The van der Waals surface area contributed by atoms with Crippen LogP contribution >= 0.6 is 11.3 Å². The SMILES string of the molecule is CC(C)N1CCN(Cc2csc(N3CC(c4nc5c(cnn5C5CCCCC5)c(=O)[nH]4)C3)n2)CC1. The Morgan fingerprint density at radius 3 is 2.60 bits per heavy atom. The summed E-state index contributed by atoms with van der Waals surface area (Å²) in [5.74, 6) is 1.01. The van der Waals surface area contributed by atoms with E-state index in [-0.39, 0.29) is 11.5 Å². The van der Waals surface area contributed by atoms with Gasteiger partial charge in [0.05, 0.1) is 23.9 Å². The molecule has 188 valence electrons. The van der Waals surface area contributed by atoms with Gasteiger partial charge >= 0.3 is 0 Å². The van der Waals surface area contributed by atoms with E-state index >= 15 is 0 Å². The number of hydrogen-bond acceptors (Lipinski definition) is 8. The maximum atomic E-state index is 12.8. The normalized spacial score (nSPS) is 21.3. The molecule has 0 radical (unpaired) electrons. The van der Waals surface area contributed by atoms with E-state index in [2.05, 4.69) is 44.0 Å². The maximum Gasteiger partial charge on any atom is 0.262 e. The van der Waals surface area contributed by atoms with Crippen LogP contribution in [0.25, 0.3) is 11.0 Å². The molecule has 1 aliphatic carbocycles. The third kappa shape index (κ3) is 4.63. The van der Waals surface area contributed by atoms with Gasteiger partial charge in [-0.25, -0.2) is 14.6 Å². The van der Waals surface area contributed by atoms with Gasteiger partial charge in [-0.15, -0.1) is 11.3 Å². The molecule has 0 spiro atoms. The molecule has 3 aromatic rings. The molecule has 35 heavy (non-hydrogen) atoms. The third-order valence-electron chi connectivity index (χ3n) is 8.00. The maximum absolute atomic E-state index is 12.8. The molecular weight excluding hydrogens is 460 g/mol. The quantitative estimate of drug-likeness (QED) is 0.561. The van der Waals surface area contributed by atoms with Gasteiger partial charge in [-0.3, -0.25) is 14.6 Å². The fourth-order valence-corrected chi connectivity index (χ4v) is 6.56. The van der Waals surface area contributed by atoms with Gasteiger partial charge in [0.1, 0.15) is 11.2 Å². The van der Waals surface area contributed by atoms with Crippen molar-refractivity contribution in [1.29, 1.82) is 0 Å². The highest BCUT2D eigenvalue weighted by atomic mass is 32.1. The summed E-state index contributed by atoms with van der Waals surface area (Å²) in [7, 11) is 0. The van der Waals surface area contributed by atoms with Crippen molar-refractivity contribution in [2.24, 2.45) is 0 Å². The topological polar surface area (TPSA) is 86.2 Å². The van der Waals surface area contributed by atoms with Crippen LogP contribution in [0.3, 0.4) is 0 Å². The molecule has 1 saturated carbocycles. The van der Waals surface area contributed by atoms with Crippen LogP contribution in [0, 0.1) is 0 Å². The zero-order valence-corrected chi connectivity index (χ0v) is 21.6. The molecule has 5 heterocycles. The van der Waals surface area contributed by atoms with Crippen LogP contribution in [0.5, 0.6) is 0 Å². The summed E-state index contributed by atoms with van der Waals surface area (Å²) < 4.78 is 2.01. The van der Waals surface area contributed by atoms with Crippen molar-refractivity contribution in [3.05, 3.63) is 33.4 Å². The minimum atomic E-state index is -0.0698. The van der Waals surface area contributed by atoms with Crippen LogP contribution in [0.1, 0.15) is 69.4 Å². The van der Waals surface area contributed by atoms with Gasteiger partial charge in [0, 0.05) is 57.2 Å². The summed E-state index contributed by atoms with van der Waals surface area (Å²) in [5, 5.41) is 8.44. The van der Waals surface area contributed by atoms with Gasteiger partial charge < -0.3 is 9.88 Å². The monoisotopic (exact) mass is 496 g/mol. The Hall–Kier alpha value is -2.30. The summed E-state index contributed by atoms with van der Waals surface area (Å²) in [6.07, 6.45) is 7.68. The number of rotatable bonds is 6. The van der Waals surface area contributed by atoms with E-state index in [4.69, 9.17) is 9.97 Å². The zero-order chi connectivity index (χ0) is 23.9. The van der Waals surface area contributed by atoms with Gasteiger partial charge in [-0.2, -0.15) is 5.10 Å². The van der Waals surface area contributed by atoms with Crippen molar-refractivity contribution < 1.29 is 0 Å². The Bertz CT molecular complexity index is 1210. The van der Waals surface area contributed by atoms with E-state index in [1.54, 1.807) is 17.5 Å². The summed E-state index contributed by atoms with van der Waals surface area (Å²) in [6, 6.07) is 0.990. The summed E-state index contributed by atoms with van der Waals surface area (Å²) in [6.45, 7) is 11.6. The molecule has 0 amide bonds. The largest absolute Gasteiger partial charge is 0.346 e. The lowest BCUT2D eigenvalue weighted by molar-refractivity contribution is 0.103. The fraction of sp³-hybridized carbons (Fsp3) is 0.680. The molecule has 3 fully saturated rings. The van der Waals surface area contributed by atoms with Crippen molar-refractivity contribution in [3.63, 3.8) is 0 Å². The number of aromatic amines is 1. The average molecular weight is 497 g/mol. The first-order chi connectivity index (χ1) is 17.0. The number of aromatic nitrogens is 5. The Balaban J connectivity index is 1.09. The van der Waals surface area contributed by atoms with Gasteiger partial charge in [0.25, 0.3) is 5.56 Å². The standard InChI is InChI=1S/C25H36N8OS/c1-17(2)31-10-8-30(9-11-31)15-19-16-35-25(27-19)32-13-18(14-32)22-28-23-21(24(34)29-22)12-26-33(23)20-6-4-3-5-7-20/h12,16-18,20H,3-11,13-15H2,1-2H3,(H,28,29,34). The van der Waals surface area contributed by atoms with Gasteiger partial charge in [-0.1, -0.05) is 19.3 Å². The van der Waals surface area contributed by atoms with Gasteiger partial charge in [0.15, 0.2) is 10.8 Å². The molecule has 0 bridgehead atoms. The minimum Gasteiger partial charge on any atom is -0.346 e. The van der Waals surface area contributed by atoms with Crippen LogP contribution in [-0.2, 0) is 6.54 Å². The second-order valence-electron chi connectivity index (χ2n) is 10.7. The van der Waals surface area contributed by atoms with E-state index in [0.29, 0.717) is 17.5 Å². The molecule has 10 heteroatoms. The first-order valence-corrected chi connectivity index (χ1v) is 14.1. The van der Waals surface area contributed by atoms with Crippen molar-refractivity contribution >= 4 is 27.5 Å². The van der Waals surface area contributed by atoms with Crippen LogP contribution in [0.15, 0.2) is 16.4 Å². The van der Waals surface area contributed by atoms with E-state index in [0.717, 1.165) is 81.0 Å². The Morgan fingerprint density at radius 2 is 1.86 bits per heavy atom. The average Bonchev–Trinajstić information content (AvgIpc) is 3.47. The first-order valence-electron chi connectivity index (χ1n) is 13.2. The molecule has 3 aliphatic rings. The molecule has 3 aromatic heterocycles. The smallest absolute Gasteiger partial charge is 0.262 e. The molecular formula is C25H36N8OS. The fourth-order valence-electron chi connectivity index (χ4n) is 5.73. The van der Waals surface area contributed by atoms with Crippen molar-refractivity contribution in [1.82, 2.24) is 34.5 Å². The van der Waals surface area contributed by atoms with E-state index in [9.17, 15) is 4.79 Å². The lowest BCUT2D eigenvalue weighted by atomic mass is 9.96. The van der Waals surface area contributed by atoms with E-state index < -0.39 is 0 Å². The number of anilines is 1. The third-order valence-corrected chi connectivity index (χ3v) is 8.95. The van der Waals surface area contributed by atoms with Crippen molar-refractivity contribution in [2.75, 3.05) is 44.2 Å². The second-order valence-corrected chi connectivity index (χ2v) is 11.5. The highest BCUT2D eigenvalue weighted by Crippen LogP contribution is 2.33. The van der Waals surface area contributed by atoms with Crippen molar-refractivity contribution in [2.45, 2.75) is 70.5 Å². The first kappa shape index (κ1) is 23.1. The Labute approximate surface area is 210 Å². The highest BCUT2D eigenvalue weighted by Gasteiger charge is 2.33. The van der Waals surface area contributed by atoms with Gasteiger partial charge in [0.2, 0.25) is 0 Å². The summed E-state index contributed by atoms with van der Waals surface area (Å²) in [5.41, 5.74) is 1.85. The van der Waals surface area contributed by atoms with Crippen LogP contribution < -0.4 is 10.5 Å². The number of nitrogens with zero attached hydrogens (tertiary/aromatic N) is 7. The van der Waals surface area contributed by atoms with Crippen LogP contribution in [-0.4, -0.2) is 79.8 Å². The lowest BCUT2D eigenvalue weighted by Crippen LogP contribution is -2.48. The molecule has 1 N–H and O–H groups in total. The predicted octanol–water partition coefficient (Wildman–Crippen LogP) is 3.21. The predicted molar refractivity (Wildman–Crippen MR) is 139 cm³/mol. The van der Waals surface area contributed by atoms with Crippen molar-refractivity contribution in [3.8, 4) is 0 Å². The van der Waals surface area contributed by atoms with E-state index in [1.807, 2.05) is 4.68 Å². The van der Waals surface area contributed by atoms with Crippen LogP contribution in [0.2, 0.25) is 0 Å². The molecule has 6 rings (SSSR count). The highest BCUT2D eigenvalue weighted by molar-refractivity contribution is 7.13. The molecule has 0 unspecified atom stereocenters. The molecule has 9 nitrogen and oxygen atoms in total. The Kier molecular flexibility index (Phi) is 6.36. The molecule has 2 saturated heterocycles. The molecule has 0 aromatic carbocycles. The number of nitrogens with one attached hydrogen (secondary N) is 1. The number of piperazine rings is 1. The van der Waals surface area contributed by atoms with Crippen LogP contribution in [0.4, 0.5) is 5.13 Å². The number of fused-ring (bicyclic) bond motifs is 1. The van der Waals surface area contributed by atoms with Gasteiger partial charge in [-0.05, 0) is 26.7 Å². The summed E-state index contributed by atoms with van der Waals surface area (Å²) in [4.78, 5) is 33.0. The zero-order valence-electron chi connectivity index (χ0n) is 20.8. The molecule has 2 aliphatic heterocycles.